The van der Waals surface area contributed by atoms with Crippen molar-refractivity contribution in [3.05, 3.63) is 29.6 Å². The molecule has 0 fully saturated rings. The first-order valence-corrected chi connectivity index (χ1v) is 19.4. The molecule has 0 bridgehead atoms. The minimum atomic E-state index is -4.51. The fraction of sp³-hybridized carbons (Fsp3) is 0.861. The molecule has 0 aliphatic carbocycles. The summed E-state index contributed by atoms with van der Waals surface area (Å²) >= 11 is 0. The molecule has 0 aromatic carbocycles. The van der Waals surface area contributed by atoms with Crippen LogP contribution in [0.2, 0.25) is 0 Å². The van der Waals surface area contributed by atoms with Crippen molar-refractivity contribution in [2.24, 2.45) is 0 Å². The Hall–Kier alpha value is -0.940. The number of hydrogen-bond acceptors (Lipinski definition) is 3. The topological polar surface area (TPSA) is 61.1 Å². The molecule has 0 aliphatic heterocycles. The molecule has 0 spiro atoms. The lowest BCUT2D eigenvalue weighted by Crippen LogP contribution is -2.46. The second kappa shape index (κ2) is 26.7. The Balaban J connectivity index is 2.15. The Bertz CT molecular complexity index is 824. The molecule has 0 aliphatic rings. The van der Waals surface area contributed by atoms with Crippen molar-refractivity contribution in [2.75, 3.05) is 0 Å². The van der Waals surface area contributed by atoms with Crippen LogP contribution in [-0.4, -0.2) is 13.0 Å². The highest BCUT2D eigenvalue weighted by molar-refractivity contribution is 7.78. The summed E-state index contributed by atoms with van der Waals surface area (Å²) in [5, 5.41) is 0. The van der Waals surface area contributed by atoms with E-state index in [4.69, 9.17) is 0 Å². The Morgan fingerprint density at radius 2 is 0.829 bits per heavy atom. The fourth-order valence-corrected chi connectivity index (χ4v) is 6.79. The SMILES string of the molecule is CCCCCCCCCCCCCCCCCCCCc1ccc[n+](S(=O)(=O)[O-])c1CCCCCCCCCCC. The van der Waals surface area contributed by atoms with Crippen molar-refractivity contribution >= 4 is 10.3 Å². The molecule has 1 heterocycles. The number of pyridine rings is 1. The molecule has 1 aromatic rings. The first kappa shape index (κ1) is 38.1. The number of aryl methyl sites for hydroxylation is 1. The van der Waals surface area contributed by atoms with Gasteiger partial charge in [-0.3, -0.25) is 0 Å². The van der Waals surface area contributed by atoms with Crippen LogP contribution in [0.25, 0.3) is 0 Å². The molecule has 0 saturated heterocycles. The van der Waals surface area contributed by atoms with Crippen molar-refractivity contribution in [2.45, 2.75) is 200 Å². The van der Waals surface area contributed by atoms with Gasteiger partial charge in [-0.1, -0.05) is 178 Å². The summed E-state index contributed by atoms with van der Waals surface area (Å²) in [5.41, 5.74) is 1.76. The molecule has 0 atom stereocenters. The van der Waals surface area contributed by atoms with Gasteiger partial charge in [-0.2, -0.15) is 8.42 Å². The van der Waals surface area contributed by atoms with Gasteiger partial charge in [0, 0.05) is 18.1 Å². The second-order valence-electron chi connectivity index (χ2n) is 12.6. The van der Waals surface area contributed by atoms with E-state index in [0.717, 1.165) is 40.9 Å². The lowest BCUT2D eigenvalue weighted by molar-refractivity contribution is -0.530. The van der Waals surface area contributed by atoms with E-state index >= 15 is 0 Å². The summed E-state index contributed by atoms with van der Waals surface area (Å²) < 4.78 is 36.7. The average molecular weight is 594 g/mol. The van der Waals surface area contributed by atoms with Crippen LogP contribution in [0.15, 0.2) is 18.3 Å². The Labute approximate surface area is 256 Å². The normalized spacial score (nSPS) is 11.9. The number of unbranched alkanes of at least 4 members (excludes halogenated alkanes) is 25. The molecule has 4 nitrogen and oxygen atoms in total. The molecular weight excluding hydrogens is 526 g/mol. The van der Waals surface area contributed by atoms with E-state index in [-0.39, 0.29) is 0 Å². The van der Waals surface area contributed by atoms with E-state index in [2.05, 4.69) is 13.8 Å². The summed E-state index contributed by atoms with van der Waals surface area (Å²) in [4.78, 5) is 0. The van der Waals surface area contributed by atoms with Gasteiger partial charge >= 0.3 is 10.3 Å². The monoisotopic (exact) mass is 593 g/mol. The van der Waals surface area contributed by atoms with Crippen LogP contribution in [0.3, 0.4) is 0 Å². The van der Waals surface area contributed by atoms with Crippen LogP contribution in [0, 0.1) is 0 Å². The van der Waals surface area contributed by atoms with Gasteiger partial charge in [-0.05, 0) is 25.3 Å². The van der Waals surface area contributed by atoms with Gasteiger partial charge < -0.3 is 4.55 Å². The van der Waals surface area contributed by atoms with E-state index < -0.39 is 10.3 Å². The number of nitrogens with zero attached hydrogens (tertiary/aromatic N) is 1. The summed E-state index contributed by atoms with van der Waals surface area (Å²) in [6.07, 6.45) is 38.5. The molecule has 0 amide bonds. The van der Waals surface area contributed by atoms with E-state index in [1.165, 1.54) is 160 Å². The van der Waals surface area contributed by atoms with Gasteiger partial charge in [0.1, 0.15) is 0 Å². The van der Waals surface area contributed by atoms with Crippen LogP contribution in [0.4, 0.5) is 0 Å². The molecule has 0 radical (unpaired) electrons. The molecule has 1 rings (SSSR count). The predicted molar refractivity (Wildman–Crippen MR) is 175 cm³/mol. The molecule has 0 N–H and O–H groups in total. The maximum atomic E-state index is 11.9. The van der Waals surface area contributed by atoms with Crippen molar-refractivity contribution in [1.82, 2.24) is 0 Å². The third-order valence-corrected chi connectivity index (χ3v) is 9.54. The zero-order chi connectivity index (χ0) is 29.9. The molecule has 5 heteroatoms. The van der Waals surface area contributed by atoms with Crippen molar-refractivity contribution in [3.63, 3.8) is 0 Å². The predicted octanol–water partition coefficient (Wildman–Crippen LogP) is 10.9. The zero-order valence-electron chi connectivity index (χ0n) is 27.3. The quantitative estimate of drug-likeness (QED) is 0.0506. The summed E-state index contributed by atoms with van der Waals surface area (Å²) in [6, 6.07) is 3.75. The largest absolute Gasteiger partial charge is 0.693 e. The van der Waals surface area contributed by atoms with Crippen LogP contribution in [-0.2, 0) is 23.1 Å². The molecule has 1 aromatic heterocycles. The Kier molecular flexibility index (Phi) is 24.8. The zero-order valence-corrected chi connectivity index (χ0v) is 28.1. The first-order chi connectivity index (χ1) is 20.0. The average Bonchev–Trinajstić information content (AvgIpc) is 2.95. The second-order valence-corrected chi connectivity index (χ2v) is 13.8. The van der Waals surface area contributed by atoms with Gasteiger partial charge in [0.05, 0.1) is 0 Å². The summed E-state index contributed by atoms with van der Waals surface area (Å²) in [7, 11) is -4.51. The van der Waals surface area contributed by atoms with Crippen LogP contribution >= 0.6 is 0 Å². The first-order valence-electron chi connectivity index (χ1n) is 18.0. The van der Waals surface area contributed by atoms with Crippen LogP contribution in [0.5, 0.6) is 0 Å². The number of aromatic nitrogens is 1. The van der Waals surface area contributed by atoms with Gasteiger partial charge in [0.25, 0.3) is 0 Å². The molecule has 41 heavy (non-hydrogen) atoms. The third-order valence-electron chi connectivity index (χ3n) is 8.71. The van der Waals surface area contributed by atoms with E-state index in [0.29, 0.717) is 6.42 Å². The van der Waals surface area contributed by atoms with E-state index in [9.17, 15) is 13.0 Å². The highest BCUT2D eigenvalue weighted by Gasteiger charge is 2.20. The van der Waals surface area contributed by atoms with E-state index in [1.807, 2.05) is 6.07 Å². The van der Waals surface area contributed by atoms with Gasteiger partial charge in [-0.15, -0.1) is 0 Å². The number of rotatable bonds is 30. The van der Waals surface area contributed by atoms with Crippen molar-refractivity contribution < 1.29 is 16.9 Å². The maximum absolute atomic E-state index is 11.9. The highest BCUT2D eigenvalue weighted by Crippen LogP contribution is 2.17. The minimum Gasteiger partial charge on any atom is -0.693 e. The fourth-order valence-electron chi connectivity index (χ4n) is 6.09. The van der Waals surface area contributed by atoms with Gasteiger partial charge in [0.2, 0.25) is 5.69 Å². The van der Waals surface area contributed by atoms with Gasteiger partial charge in [-0.25, -0.2) is 0 Å². The molecule has 0 saturated carbocycles. The number of hydrogen-bond donors (Lipinski definition) is 0. The standard InChI is InChI=1S/C36H67NO3S/c1-3-5-7-9-11-13-14-15-16-17-18-19-20-21-23-24-26-28-31-35-32-30-34-37(41(38,39)40)36(35)33-29-27-25-22-12-10-8-6-4-2/h30,32,34H,3-29,31,33H2,1-2H3. The maximum Gasteiger partial charge on any atom is 0.330 e. The minimum absolute atomic E-state index is 0.673. The highest BCUT2D eigenvalue weighted by atomic mass is 32.2. The Morgan fingerprint density at radius 1 is 0.512 bits per heavy atom. The van der Waals surface area contributed by atoms with Gasteiger partial charge in [0.15, 0.2) is 6.20 Å². The van der Waals surface area contributed by atoms with E-state index in [1.54, 1.807) is 6.07 Å². The Morgan fingerprint density at radius 3 is 1.17 bits per heavy atom. The molecular formula is C36H67NO3S. The molecule has 0 unspecified atom stereocenters. The van der Waals surface area contributed by atoms with Crippen molar-refractivity contribution in [1.29, 1.82) is 0 Å². The van der Waals surface area contributed by atoms with Crippen LogP contribution < -0.4 is 3.97 Å². The smallest absolute Gasteiger partial charge is 0.330 e. The summed E-state index contributed by atoms with van der Waals surface area (Å²) in [6.45, 7) is 4.53. The summed E-state index contributed by atoms with van der Waals surface area (Å²) in [5.74, 6) is 0. The van der Waals surface area contributed by atoms with Crippen molar-refractivity contribution in [3.8, 4) is 0 Å². The third kappa shape index (κ3) is 21.4. The lowest BCUT2D eigenvalue weighted by Gasteiger charge is -2.11. The molecule has 240 valence electrons. The lowest BCUT2D eigenvalue weighted by atomic mass is 10.00. The van der Waals surface area contributed by atoms with Crippen LogP contribution in [0.1, 0.15) is 198 Å².